The molecule has 1 aromatic heterocycles. The molecule has 2 N–H and O–H groups in total. The fourth-order valence-corrected chi connectivity index (χ4v) is 4.74. The zero-order chi connectivity index (χ0) is 21.1. The summed E-state index contributed by atoms with van der Waals surface area (Å²) < 4.78 is 14.6. The Hall–Kier alpha value is -1.54. The van der Waals surface area contributed by atoms with Crippen LogP contribution < -0.4 is 67.6 Å². The smallest absolute Gasteiger partial charge is 0.336 e. The molecule has 0 radical (unpaired) electrons. The monoisotopic (exact) mass is 476 g/mol. The van der Waals surface area contributed by atoms with Crippen LogP contribution in [0.15, 0.2) is 91.3 Å². The molecular formula is C22H17ClKN3O3P+. The van der Waals surface area contributed by atoms with Crippen LogP contribution in [0.4, 0.5) is 5.69 Å². The number of benzene rings is 3. The summed E-state index contributed by atoms with van der Waals surface area (Å²) in [6, 6.07) is 22.1. The van der Waals surface area contributed by atoms with Crippen molar-refractivity contribution in [2.75, 3.05) is 5.32 Å². The van der Waals surface area contributed by atoms with Gasteiger partial charge < -0.3 is 10.2 Å². The number of halogens is 1. The predicted octanol–water partition coefficient (Wildman–Crippen LogP) is 1.00. The van der Waals surface area contributed by atoms with E-state index in [1.165, 1.54) is 6.20 Å². The maximum absolute atomic E-state index is 13.1. The molecule has 0 saturated carbocycles. The summed E-state index contributed by atoms with van der Waals surface area (Å²) >= 11 is 6.07. The molecule has 0 fully saturated rings. The summed E-state index contributed by atoms with van der Waals surface area (Å²) in [6.45, 7) is 0. The summed E-state index contributed by atoms with van der Waals surface area (Å²) in [7, 11) is -3.87. The number of nitrogens with one attached hydrogen (secondary N) is 1. The number of hydrogen-bond donors (Lipinski definition) is 2. The quantitative estimate of drug-likeness (QED) is 0.332. The summed E-state index contributed by atoms with van der Waals surface area (Å²) in [6.07, 6.45) is 3.10. The van der Waals surface area contributed by atoms with Crippen LogP contribution in [0, 0.1) is 0 Å². The zero-order valence-corrected chi connectivity index (χ0v) is 21.4. The Morgan fingerprint density at radius 1 is 0.968 bits per heavy atom. The van der Waals surface area contributed by atoms with Crippen molar-refractivity contribution in [1.82, 2.24) is 9.55 Å². The number of amides is 1. The summed E-state index contributed by atoms with van der Waals surface area (Å²) in [5.74, 6) is -0.319. The van der Waals surface area contributed by atoms with Crippen LogP contribution >= 0.6 is 19.0 Å². The topological polar surface area (TPSA) is 84.2 Å². The maximum atomic E-state index is 13.1. The van der Waals surface area contributed by atoms with Gasteiger partial charge in [0.1, 0.15) is 0 Å². The number of carbonyl (C=O) groups excluding carboxylic acids is 1. The van der Waals surface area contributed by atoms with Gasteiger partial charge >= 0.3 is 51.4 Å². The summed E-state index contributed by atoms with van der Waals surface area (Å²) in [5.41, 5.74) is 1.65. The Balaban J connectivity index is 0.00000272. The minimum absolute atomic E-state index is 0. The largest absolute Gasteiger partial charge is 1.00 e. The molecule has 0 aliphatic heterocycles. The van der Waals surface area contributed by atoms with Gasteiger partial charge in [0, 0.05) is 29.1 Å². The van der Waals surface area contributed by atoms with Gasteiger partial charge in [0.15, 0.2) is 0 Å². The predicted molar refractivity (Wildman–Crippen MR) is 119 cm³/mol. The zero-order valence-electron chi connectivity index (χ0n) is 16.6. The number of rotatable bonds is 5. The number of hydrogen-bond acceptors (Lipinski definition) is 3. The van der Waals surface area contributed by atoms with E-state index in [9.17, 15) is 14.3 Å². The first-order valence-corrected chi connectivity index (χ1v) is 11.1. The van der Waals surface area contributed by atoms with Crippen LogP contribution in [0.3, 0.4) is 0 Å². The molecular weight excluding hydrogens is 460 g/mol. The first-order chi connectivity index (χ1) is 14.5. The Kier molecular flexibility index (Phi) is 8.07. The molecule has 1 unspecified atom stereocenters. The molecule has 0 saturated heterocycles. The normalized spacial score (nSPS) is 12.5. The molecule has 4 aromatic rings. The van der Waals surface area contributed by atoms with E-state index in [4.69, 9.17) is 11.6 Å². The van der Waals surface area contributed by atoms with Gasteiger partial charge in [-0.1, -0.05) is 41.9 Å². The first kappa shape index (κ1) is 24.1. The van der Waals surface area contributed by atoms with Crippen LogP contribution in [0.5, 0.6) is 0 Å². The Morgan fingerprint density at radius 2 is 1.61 bits per heavy atom. The minimum Gasteiger partial charge on any atom is -0.336 e. The second kappa shape index (κ2) is 10.4. The van der Waals surface area contributed by atoms with Crippen molar-refractivity contribution in [3.8, 4) is 5.69 Å². The standard InChI is InChI=1S/C22H17ClN3O3P.K/c23-20-9-5-4-8-19(20)21(27)25-16-10-12-17(13-11-16)26-15-14-24-22(26)30(28,29)18-6-2-1-3-7-18;/h1-15H,(H,25,27)(H,28,29);/q;+1. The minimum atomic E-state index is -3.87. The van der Waals surface area contributed by atoms with Gasteiger partial charge in [-0.05, 0) is 48.5 Å². The first-order valence-electron chi connectivity index (χ1n) is 9.05. The van der Waals surface area contributed by atoms with E-state index in [1.807, 2.05) is 0 Å². The molecule has 6 nitrogen and oxygen atoms in total. The van der Waals surface area contributed by atoms with Crippen LogP contribution in [-0.2, 0) is 4.57 Å². The second-order valence-electron chi connectivity index (χ2n) is 6.49. The van der Waals surface area contributed by atoms with Gasteiger partial charge in [-0.2, -0.15) is 0 Å². The van der Waals surface area contributed by atoms with Crippen LogP contribution in [-0.4, -0.2) is 20.4 Å². The number of carbonyl (C=O) groups is 1. The summed E-state index contributed by atoms with van der Waals surface area (Å²) in [5, 5.41) is 3.47. The third-order valence-electron chi connectivity index (χ3n) is 4.52. The average Bonchev–Trinajstić information content (AvgIpc) is 3.26. The van der Waals surface area contributed by atoms with Crippen molar-refractivity contribution < 1.29 is 65.6 Å². The van der Waals surface area contributed by atoms with Crippen LogP contribution in [0.2, 0.25) is 5.02 Å². The van der Waals surface area contributed by atoms with E-state index >= 15 is 0 Å². The molecule has 3 aromatic carbocycles. The molecule has 31 heavy (non-hydrogen) atoms. The third-order valence-corrected chi connectivity index (χ3v) is 6.72. The molecule has 9 heteroatoms. The van der Waals surface area contributed by atoms with Crippen molar-refractivity contribution in [2.45, 2.75) is 0 Å². The molecule has 0 aliphatic carbocycles. The van der Waals surface area contributed by atoms with E-state index in [0.29, 0.717) is 27.3 Å². The Labute approximate surface area is 227 Å². The number of anilines is 1. The van der Waals surface area contributed by atoms with Crippen molar-refractivity contribution in [3.05, 3.63) is 102 Å². The number of imidazole rings is 1. The van der Waals surface area contributed by atoms with Gasteiger partial charge in [0.05, 0.1) is 10.6 Å². The third kappa shape index (κ3) is 5.27. The van der Waals surface area contributed by atoms with E-state index in [-0.39, 0.29) is 62.9 Å². The van der Waals surface area contributed by atoms with E-state index in [2.05, 4.69) is 10.3 Å². The molecule has 4 rings (SSSR count). The Bertz CT molecular complexity index is 1250. The number of aromatic nitrogens is 2. The molecule has 150 valence electrons. The van der Waals surface area contributed by atoms with Gasteiger partial charge in [0.2, 0.25) is 5.57 Å². The van der Waals surface area contributed by atoms with Crippen LogP contribution in [0.1, 0.15) is 10.4 Å². The molecule has 0 spiro atoms. The molecule has 1 heterocycles. The molecule has 0 bridgehead atoms. The molecule has 1 amide bonds. The van der Waals surface area contributed by atoms with E-state index in [0.717, 1.165) is 0 Å². The van der Waals surface area contributed by atoms with Crippen molar-refractivity contribution in [2.24, 2.45) is 0 Å². The second-order valence-corrected chi connectivity index (χ2v) is 8.97. The number of nitrogens with zero attached hydrogens (tertiary/aromatic N) is 2. The van der Waals surface area contributed by atoms with Gasteiger partial charge in [-0.3, -0.25) is 13.9 Å². The summed E-state index contributed by atoms with van der Waals surface area (Å²) in [4.78, 5) is 27.3. The van der Waals surface area contributed by atoms with Crippen LogP contribution in [0.25, 0.3) is 5.69 Å². The van der Waals surface area contributed by atoms with Crippen molar-refractivity contribution >= 4 is 41.4 Å². The van der Waals surface area contributed by atoms with Gasteiger partial charge in [-0.25, -0.2) is 4.98 Å². The fraction of sp³-hybridized carbons (Fsp3) is 0. The maximum Gasteiger partial charge on any atom is 1.00 e. The van der Waals surface area contributed by atoms with Gasteiger partial charge in [0.25, 0.3) is 13.3 Å². The Morgan fingerprint density at radius 3 is 2.29 bits per heavy atom. The fourth-order valence-electron chi connectivity index (χ4n) is 3.02. The average molecular weight is 477 g/mol. The van der Waals surface area contributed by atoms with Gasteiger partial charge in [-0.15, -0.1) is 0 Å². The van der Waals surface area contributed by atoms with Crippen molar-refractivity contribution in [1.29, 1.82) is 0 Å². The molecule has 0 aliphatic rings. The van der Waals surface area contributed by atoms with Crippen molar-refractivity contribution in [3.63, 3.8) is 0 Å². The SMILES string of the molecule is O=C(Nc1ccc(-n2ccnc2P(=O)(O)c2ccccc2)cc1)c1ccccc1Cl.[K+]. The van der Waals surface area contributed by atoms with E-state index in [1.54, 1.807) is 89.6 Å². The van der Waals surface area contributed by atoms with E-state index < -0.39 is 7.37 Å². The molecule has 1 atom stereocenters.